The summed E-state index contributed by atoms with van der Waals surface area (Å²) in [4.78, 5) is 9.16. The molecule has 0 amide bonds. The Morgan fingerprint density at radius 3 is 2.80 bits per heavy atom. The van der Waals surface area contributed by atoms with Gasteiger partial charge in [0.1, 0.15) is 11.5 Å². The zero-order valence-electron chi connectivity index (χ0n) is 11.2. The van der Waals surface area contributed by atoms with Crippen LogP contribution in [-0.2, 0) is 0 Å². The van der Waals surface area contributed by atoms with E-state index in [0.29, 0.717) is 11.7 Å². The average molecular weight is 264 g/mol. The SMILES string of the molecule is c1ccc2c(-c3n[nH]c(C4CCCC4)n3)nccc2c1. The number of hydrogen-bond acceptors (Lipinski definition) is 3. The summed E-state index contributed by atoms with van der Waals surface area (Å²) in [5, 5.41) is 9.77. The zero-order chi connectivity index (χ0) is 13.4. The number of rotatable bonds is 2. The lowest BCUT2D eigenvalue weighted by Crippen LogP contribution is -1.94. The van der Waals surface area contributed by atoms with Crippen LogP contribution in [0.4, 0.5) is 0 Å². The molecule has 0 bridgehead atoms. The molecule has 1 aromatic carbocycles. The number of aromatic amines is 1. The van der Waals surface area contributed by atoms with Crippen LogP contribution in [-0.4, -0.2) is 20.2 Å². The Balaban J connectivity index is 1.79. The Labute approximate surface area is 117 Å². The summed E-state index contributed by atoms with van der Waals surface area (Å²) in [7, 11) is 0. The minimum absolute atomic E-state index is 0.547. The number of nitrogens with one attached hydrogen (secondary N) is 1. The predicted octanol–water partition coefficient (Wildman–Crippen LogP) is 3.68. The van der Waals surface area contributed by atoms with Gasteiger partial charge >= 0.3 is 0 Å². The van der Waals surface area contributed by atoms with Crippen molar-refractivity contribution in [2.45, 2.75) is 31.6 Å². The molecule has 0 atom stereocenters. The molecule has 0 aliphatic heterocycles. The second-order valence-corrected chi connectivity index (χ2v) is 5.41. The Hall–Kier alpha value is -2.23. The number of hydrogen-bond donors (Lipinski definition) is 1. The van der Waals surface area contributed by atoms with Crippen LogP contribution in [0.5, 0.6) is 0 Å². The second kappa shape index (κ2) is 4.71. The number of benzene rings is 1. The molecule has 100 valence electrons. The van der Waals surface area contributed by atoms with Gasteiger partial charge in [-0.15, -0.1) is 0 Å². The molecular formula is C16H16N4. The van der Waals surface area contributed by atoms with E-state index in [2.05, 4.69) is 32.3 Å². The lowest BCUT2D eigenvalue weighted by molar-refractivity contribution is 0.672. The van der Waals surface area contributed by atoms with E-state index in [1.54, 1.807) is 0 Å². The number of pyridine rings is 1. The quantitative estimate of drug-likeness (QED) is 0.768. The van der Waals surface area contributed by atoms with Gasteiger partial charge in [0.25, 0.3) is 0 Å². The maximum atomic E-state index is 4.68. The van der Waals surface area contributed by atoms with E-state index in [9.17, 15) is 0 Å². The van der Waals surface area contributed by atoms with Crippen LogP contribution in [0.15, 0.2) is 36.5 Å². The highest BCUT2D eigenvalue weighted by Gasteiger charge is 2.21. The summed E-state index contributed by atoms with van der Waals surface area (Å²) in [5.41, 5.74) is 0.864. The summed E-state index contributed by atoms with van der Waals surface area (Å²) in [6.45, 7) is 0. The first-order valence-corrected chi connectivity index (χ1v) is 7.18. The van der Waals surface area contributed by atoms with Gasteiger partial charge in [-0.1, -0.05) is 37.1 Å². The van der Waals surface area contributed by atoms with E-state index in [4.69, 9.17) is 0 Å². The number of H-pyrrole nitrogens is 1. The van der Waals surface area contributed by atoms with Gasteiger partial charge in [0, 0.05) is 17.5 Å². The van der Waals surface area contributed by atoms with Crippen molar-refractivity contribution in [2.24, 2.45) is 0 Å². The predicted molar refractivity (Wildman–Crippen MR) is 78.3 cm³/mol. The maximum absolute atomic E-state index is 4.68. The minimum atomic E-state index is 0.547. The third-order valence-corrected chi connectivity index (χ3v) is 4.13. The summed E-state index contributed by atoms with van der Waals surface area (Å²) in [6, 6.07) is 10.2. The van der Waals surface area contributed by atoms with E-state index in [1.807, 2.05) is 24.4 Å². The van der Waals surface area contributed by atoms with E-state index >= 15 is 0 Å². The highest BCUT2D eigenvalue weighted by atomic mass is 15.2. The van der Waals surface area contributed by atoms with Crippen LogP contribution in [0.2, 0.25) is 0 Å². The molecule has 2 heterocycles. The van der Waals surface area contributed by atoms with Crippen molar-refractivity contribution in [3.05, 3.63) is 42.4 Å². The van der Waals surface area contributed by atoms with Crippen molar-refractivity contribution < 1.29 is 0 Å². The Bertz CT molecular complexity index is 736. The Kier molecular flexibility index (Phi) is 2.73. The molecule has 4 rings (SSSR count). The highest BCUT2D eigenvalue weighted by molar-refractivity contribution is 5.92. The summed E-state index contributed by atoms with van der Waals surface area (Å²) in [5.74, 6) is 2.28. The fraction of sp³-hybridized carbons (Fsp3) is 0.312. The molecule has 0 unspecified atom stereocenters. The smallest absolute Gasteiger partial charge is 0.200 e. The third kappa shape index (κ3) is 1.88. The van der Waals surface area contributed by atoms with E-state index in [-0.39, 0.29) is 0 Å². The Morgan fingerprint density at radius 2 is 1.90 bits per heavy atom. The van der Waals surface area contributed by atoms with Crippen molar-refractivity contribution in [3.63, 3.8) is 0 Å². The van der Waals surface area contributed by atoms with Gasteiger partial charge in [0.2, 0.25) is 0 Å². The molecule has 20 heavy (non-hydrogen) atoms. The van der Waals surface area contributed by atoms with E-state index < -0.39 is 0 Å². The van der Waals surface area contributed by atoms with Gasteiger partial charge in [0.05, 0.1) is 0 Å². The van der Waals surface area contributed by atoms with Crippen molar-refractivity contribution >= 4 is 10.8 Å². The largest absolute Gasteiger partial charge is 0.262 e. The summed E-state index contributed by atoms with van der Waals surface area (Å²) < 4.78 is 0. The molecular weight excluding hydrogens is 248 g/mol. The van der Waals surface area contributed by atoms with Crippen molar-refractivity contribution in [3.8, 4) is 11.5 Å². The second-order valence-electron chi connectivity index (χ2n) is 5.41. The minimum Gasteiger partial charge on any atom is -0.262 e. The van der Waals surface area contributed by atoms with Gasteiger partial charge in [-0.25, -0.2) is 4.98 Å². The molecule has 4 nitrogen and oxygen atoms in total. The van der Waals surface area contributed by atoms with Crippen LogP contribution < -0.4 is 0 Å². The summed E-state index contributed by atoms with van der Waals surface area (Å²) in [6.07, 6.45) is 6.86. The van der Waals surface area contributed by atoms with E-state index in [0.717, 1.165) is 16.9 Å². The molecule has 1 aliphatic rings. The highest BCUT2D eigenvalue weighted by Crippen LogP contribution is 2.33. The molecule has 0 radical (unpaired) electrons. The van der Waals surface area contributed by atoms with Crippen LogP contribution >= 0.6 is 0 Å². The van der Waals surface area contributed by atoms with Crippen molar-refractivity contribution in [2.75, 3.05) is 0 Å². The summed E-state index contributed by atoms with van der Waals surface area (Å²) >= 11 is 0. The van der Waals surface area contributed by atoms with Crippen molar-refractivity contribution in [1.82, 2.24) is 20.2 Å². The average Bonchev–Trinajstić information content (AvgIpc) is 3.17. The molecule has 1 aliphatic carbocycles. The first-order valence-electron chi connectivity index (χ1n) is 7.18. The maximum Gasteiger partial charge on any atom is 0.200 e. The standard InChI is InChI=1S/C16H16N4/c1-2-7-12(6-1)15-18-16(20-19-15)14-13-8-4-3-5-11(13)9-10-17-14/h3-5,8-10,12H,1-2,6-7H2,(H,18,19,20). The first kappa shape index (κ1) is 11.6. The zero-order valence-corrected chi connectivity index (χ0v) is 11.2. The van der Waals surface area contributed by atoms with Crippen LogP contribution in [0.1, 0.15) is 37.4 Å². The van der Waals surface area contributed by atoms with Gasteiger partial charge in [-0.2, -0.15) is 5.10 Å². The molecule has 3 aromatic rings. The monoisotopic (exact) mass is 264 g/mol. The van der Waals surface area contributed by atoms with Crippen LogP contribution in [0.3, 0.4) is 0 Å². The molecule has 0 saturated heterocycles. The number of nitrogens with zero attached hydrogens (tertiary/aromatic N) is 3. The van der Waals surface area contributed by atoms with E-state index in [1.165, 1.54) is 31.1 Å². The molecule has 0 spiro atoms. The van der Waals surface area contributed by atoms with Gasteiger partial charge in [0.15, 0.2) is 5.82 Å². The first-order chi connectivity index (χ1) is 9.92. The molecule has 2 aromatic heterocycles. The van der Waals surface area contributed by atoms with Gasteiger partial charge in [-0.3, -0.25) is 10.1 Å². The fourth-order valence-corrected chi connectivity index (χ4v) is 3.06. The molecule has 1 N–H and O–H groups in total. The third-order valence-electron chi connectivity index (χ3n) is 4.13. The number of aromatic nitrogens is 4. The number of fused-ring (bicyclic) bond motifs is 1. The fourth-order valence-electron chi connectivity index (χ4n) is 3.06. The molecule has 1 fully saturated rings. The lowest BCUT2D eigenvalue weighted by atomic mass is 10.1. The molecule has 1 saturated carbocycles. The molecule has 4 heteroatoms. The van der Waals surface area contributed by atoms with Crippen molar-refractivity contribution in [1.29, 1.82) is 0 Å². The van der Waals surface area contributed by atoms with Gasteiger partial charge < -0.3 is 0 Å². The normalized spacial score (nSPS) is 16.0. The van der Waals surface area contributed by atoms with Gasteiger partial charge in [-0.05, 0) is 24.3 Å². The topological polar surface area (TPSA) is 54.5 Å². The Morgan fingerprint density at radius 1 is 1.05 bits per heavy atom. The van der Waals surface area contributed by atoms with Crippen LogP contribution in [0, 0.1) is 0 Å². The lowest BCUT2D eigenvalue weighted by Gasteiger charge is -2.03. The van der Waals surface area contributed by atoms with Crippen LogP contribution in [0.25, 0.3) is 22.3 Å².